The molecule has 7 heteroatoms. The first-order valence-corrected chi connectivity index (χ1v) is 11.4. The Hall–Kier alpha value is -1.05. The number of pyridine rings is 1. The molecule has 3 N–H and O–H groups in total. The summed E-state index contributed by atoms with van der Waals surface area (Å²) in [6.45, 7) is 2.81. The van der Waals surface area contributed by atoms with Crippen LogP contribution in [-0.4, -0.2) is 20.6 Å². The van der Waals surface area contributed by atoms with Gasteiger partial charge < -0.3 is 10.3 Å². The molecule has 0 aromatic carbocycles. The molecule has 0 aliphatic heterocycles. The summed E-state index contributed by atoms with van der Waals surface area (Å²) in [6.07, 6.45) is 11.6. The van der Waals surface area contributed by atoms with Crippen LogP contribution in [0.15, 0.2) is 17.2 Å². The first kappa shape index (κ1) is 19.7. The van der Waals surface area contributed by atoms with E-state index in [9.17, 15) is 0 Å². The van der Waals surface area contributed by atoms with Crippen molar-refractivity contribution >= 4 is 33.5 Å². The number of rotatable bonds is 7. The maximum Gasteiger partial charge on any atom is 0.154 e. The van der Waals surface area contributed by atoms with Crippen molar-refractivity contribution in [3.63, 3.8) is 0 Å². The third-order valence-electron chi connectivity index (χ3n) is 5.43. The van der Waals surface area contributed by atoms with Crippen LogP contribution in [0.5, 0.6) is 0 Å². The number of thiol groups is 1. The van der Waals surface area contributed by atoms with E-state index in [0.29, 0.717) is 17.0 Å². The predicted molar refractivity (Wildman–Crippen MR) is 111 cm³/mol. The van der Waals surface area contributed by atoms with Gasteiger partial charge in [0.25, 0.3) is 0 Å². The number of hydrogen-bond acceptors (Lipinski definition) is 6. The van der Waals surface area contributed by atoms with Crippen LogP contribution in [0.2, 0.25) is 0 Å². The molecule has 0 bridgehead atoms. The molecule has 2 aromatic heterocycles. The van der Waals surface area contributed by atoms with Gasteiger partial charge in [0.1, 0.15) is 11.3 Å². The number of unbranched alkanes of at least 4 members (excludes halogenated alkanes) is 2. The molecule has 2 heterocycles. The van der Waals surface area contributed by atoms with Gasteiger partial charge in [0.2, 0.25) is 0 Å². The molecule has 2 atom stereocenters. The van der Waals surface area contributed by atoms with Crippen molar-refractivity contribution in [2.45, 2.75) is 75.8 Å². The summed E-state index contributed by atoms with van der Waals surface area (Å²) in [4.78, 5) is 10.0. The summed E-state index contributed by atoms with van der Waals surface area (Å²) in [6, 6.07) is 2.38. The number of aryl methyl sites for hydroxylation is 1. The molecule has 0 spiro atoms. The lowest BCUT2D eigenvalue weighted by Gasteiger charge is -2.26. The highest BCUT2D eigenvalue weighted by molar-refractivity contribution is 8.68. The predicted octanol–water partition coefficient (Wildman–Crippen LogP) is 4.23. The van der Waals surface area contributed by atoms with Crippen molar-refractivity contribution in [3.8, 4) is 0 Å². The maximum absolute atomic E-state index is 8.49. The van der Waals surface area contributed by atoms with Gasteiger partial charge in [-0.3, -0.25) is 5.41 Å². The maximum atomic E-state index is 8.49. The molecule has 0 radical (unpaired) electrons. The number of aromatic nitrogens is 3. The van der Waals surface area contributed by atoms with Crippen LogP contribution in [0, 0.1) is 18.3 Å². The molecule has 5 nitrogen and oxygen atoms in total. The van der Waals surface area contributed by atoms with Gasteiger partial charge in [0.05, 0.1) is 5.52 Å². The highest BCUT2D eigenvalue weighted by Gasteiger charge is 2.18. The second kappa shape index (κ2) is 9.24. The third kappa shape index (κ3) is 4.81. The van der Waals surface area contributed by atoms with Crippen molar-refractivity contribution in [1.29, 1.82) is 5.41 Å². The Morgan fingerprint density at radius 2 is 2.19 bits per heavy atom. The zero-order chi connectivity index (χ0) is 18.5. The monoisotopic (exact) mass is 391 g/mol. The molecule has 0 amide bonds. The Labute approximate surface area is 164 Å². The topological polar surface area (TPSA) is 80.6 Å². The Bertz CT molecular complexity index is 804. The van der Waals surface area contributed by atoms with E-state index in [2.05, 4.69) is 21.6 Å². The molecule has 1 aliphatic carbocycles. The number of nitrogens with one attached hydrogen (secondary N) is 1. The standard InChI is InChI=1S/C19H29N5S2/c1-13-23-17-11-16(26-25)12-22-18(17)19(21)24(13)9-4-2-3-6-14-7-5-8-15(20)10-14/h11-12,14-15,21,25H,2-10,20H2,1H3. The van der Waals surface area contributed by atoms with E-state index in [1.165, 1.54) is 55.7 Å². The minimum absolute atomic E-state index is 0.426. The summed E-state index contributed by atoms with van der Waals surface area (Å²) >= 11 is 4.21. The Morgan fingerprint density at radius 3 is 2.96 bits per heavy atom. The second-order valence-electron chi connectivity index (χ2n) is 7.43. The molecule has 2 unspecified atom stereocenters. The van der Waals surface area contributed by atoms with E-state index in [4.69, 9.17) is 11.1 Å². The lowest BCUT2D eigenvalue weighted by molar-refractivity contribution is 0.298. The van der Waals surface area contributed by atoms with Crippen molar-refractivity contribution in [1.82, 2.24) is 14.5 Å². The van der Waals surface area contributed by atoms with E-state index in [-0.39, 0.29) is 0 Å². The summed E-state index contributed by atoms with van der Waals surface area (Å²) in [5, 5.41) is 8.49. The molecular formula is C19H29N5S2. The van der Waals surface area contributed by atoms with Gasteiger partial charge in [-0.25, -0.2) is 9.97 Å². The van der Waals surface area contributed by atoms with Crippen LogP contribution in [0.3, 0.4) is 0 Å². The van der Waals surface area contributed by atoms with Gasteiger partial charge in [-0.15, -0.1) is 11.7 Å². The lowest BCUT2D eigenvalue weighted by Crippen LogP contribution is -2.27. The lowest BCUT2D eigenvalue weighted by atomic mass is 9.83. The molecular weight excluding hydrogens is 362 g/mol. The molecule has 2 aromatic rings. The highest BCUT2D eigenvalue weighted by Crippen LogP contribution is 2.27. The smallest absolute Gasteiger partial charge is 0.154 e. The van der Waals surface area contributed by atoms with Crippen LogP contribution in [0.25, 0.3) is 11.0 Å². The van der Waals surface area contributed by atoms with Crippen LogP contribution in [0.1, 0.15) is 57.2 Å². The Kier molecular flexibility index (Phi) is 7.00. The second-order valence-corrected chi connectivity index (χ2v) is 8.63. The van der Waals surface area contributed by atoms with Crippen molar-refractivity contribution < 1.29 is 0 Å². The number of nitrogens with zero attached hydrogens (tertiary/aromatic N) is 3. The van der Waals surface area contributed by atoms with Crippen molar-refractivity contribution in [2.75, 3.05) is 0 Å². The van der Waals surface area contributed by atoms with Crippen LogP contribution < -0.4 is 11.2 Å². The van der Waals surface area contributed by atoms with E-state index >= 15 is 0 Å². The fourth-order valence-corrected chi connectivity index (χ4v) is 4.59. The largest absolute Gasteiger partial charge is 0.328 e. The molecule has 1 fully saturated rings. The van der Waals surface area contributed by atoms with Crippen molar-refractivity contribution in [2.24, 2.45) is 11.7 Å². The zero-order valence-electron chi connectivity index (χ0n) is 15.4. The molecule has 26 heavy (non-hydrogen) atoms. The third-order valence-corrected chi connectivity index (χ3v) is 6.50. The van der Waals surface area contributed by atoms with Gasteiger partial charge in [0.15, 0.2) is 5.49 Å². The van der Waals surface area contributed by atoms with Crippen LogP contribution >= 0.6 is 22.5 Å². The van der Waals surface area contributed by atoms with Crippen molar-refractivity contribution in [3.05, 3.63) is 23.6 Å². The fourth-order valence-electron chi connectivity index (χ4n) is 4.02. The van der Waals surface area contributed by atoms with Crippen LogP contribution in [0.4, 0.5) is 0 Å². The van der Waals surface area contributed by atoms with E-state index < -0.39 is 0 Å². The quantitative estimate of drug-likeness (QED) is 0.375. The minimum Gasteiger partial charge on any atom is -0.328 e. The van der Waals surface area contributed by atoms with Crippen LogP contribution in [-0.2, 0) is 6.54 Å². The summed E-state index contributed by atoms with van der Waals surface area (Å²) in [5.41, 5.74) is 7.98. The van der Waals surface area contributed by atoms with Gasteiger partial charge in [-0.1, -0.05) is 42.9 Å². The van der Waals surface area contributed by atoms with Gasteiger partial charge in [-0.2, -0.15) is 0 Å². The average molecular weight is 392 g/mol. The SMILES string of the molecule is Cc1nc2cc(SS)cnc2c(=N)n1CCCCCC1CCCC(N)C1. The van der Waals surface area contributed by atoms with E-state index in [1.807, 2.05) is 17.6 Å². The number of nitrogens with two attached hydrogens (primary N) is 1. The van der Waals surface area contributed by atoms with E-state index in [1.54, 1.807) is 6.20 Å². The highest BCUT2D eigenvalue weighted by atomic mass is 33.1. The first-order valence-electron chi connectivity index (χ1n) is 9.57. The molecule has 3 rings (SSSR count). The summed E-state index contributed by atoms with van der Waals surface area (Å²) in [5.74, 6) is 1.70. The zero-order valence-corrected chi connectivity index (χ0v) is 17.2. The average Bonchev–Trinajstić information content (AvgIpc) is 2.63. The first-order chi connectivity index (χ1) is 12.6. The van der Waals surface area contributed by atoms with Gasteiger partial charge in [-0.05, 0) is 38.2 Å². The molecule has 0 saturated heterocycles. The van der Waals surface area contributed by atoms with Gasteiger partial charge >= 0.3 is 0 Å². The summed E-state index contributed by atoms with van der Waals surface area (Å²) < 4.78 is 1.99. The van der Waals surface area contributed by atoms with E-state index in [0.717, 1.165) is 35.1 Å². The number of hydrogen-bond donors (Lipinski definition) is 3. The molecule has 1 aliphatic rings. The normalized spacial score (nSPS) is 20.6. The molecule has 142 valence electrons. The summed E-state index contributed by atoms with van der Waals surface area (Å²) in [7, 11) is 1.35. The fraction of sp³-hybridized carbons (Fsp3) is 0.632. The Morgan fingerprint density at radius 1 is 1.35 bits per heavy atom. The Balaban J connectivity index is 1.56. The number of fused-ring (bicyclic) bond motifs is 1. The molecule has 1 saturated carbocycles. The van der Waals surface area contributed by atoms with Gasteiger partial charge in [0, 0.05) is 23.7 Å². The minimum atomic E-state index is 0.426.